The maximum atomic E-state index is 12.6. The van der Waals surface area contributed by atoms with E-state index in [1.54, 1.807) is 0 Å². The molecule has 6 nitrogen and oxygen atoms in total. The molecule has 0 atom stereocenters. The lowest BCUT2D eigenvalue weighted by atomic mass is 10.1. The molecule has 0 radical (unpaired) electrons. The molecule has 5 rings (SSSR count). The van der Waals surface area contributed by atoms with E-state index in [1.807, 2.05) is 60.7 Å². The molecule has 0 bridgehead atoms. The number of thioether (sulfide) groups is 1. The van der Waals surface area contributed by atoms with Gasteiger partial charge < -0.3 is 9.88 Å². The van der Waals surface area contributed by atoms with E-state index in [-0.39, 0.29) is 11.7 Å². The second-order valence-corrected chi connectivity index (χ2v) is 8.24. The Morgan fingerprint density at radius 2 is 1.74 bits per heavy atom. The Morgan fingerprint density at radius 1 is 0.968 bits per heavy atom. The Labute approximate surface area is 183 Å². The van der Waals surface area contributed by atoms with Gasteiger partial charge in [-0.05, 0) is 23.9 Å². The molecule has 2 aromatic heterocycles. The van der Waals surface area contributed by atoms with Gasteiger partial charge in [-0.1, -0.05) is 73.3 Å². The van der Waals surface area contributed by atoms with E-state index >= 15 is 0 Å². The van der Waals surface area contributed by atoms with Crippen LogP contribution in [0, 0.1) is 0 Å². The van der Waals surface area contributed by atoms with Crippen molar-refractivity contribution in [2.24, 2.45) is 0 Å². The molecule has 0 saturated carbocycles. The van der Waals surface area contributed by atoms with Crippen LogP contribution in [-0.2, 0) is 11.3 Å². The number of anilines is 1. The monoisotopic (exact) mass is 427 g/mol. The zero-order chi connectivity index (χ0) is 21.2. The van der Waals surface area contributed by atoms with Crippen LogP contribution in [0.1, 0.15) is 13.3 Å². The highest BCUT2D eigenvalue weighted by Crippen LogP contribution is 2.28. The molecule has 0 aliphatic carbocycles. The average molecular weight is 428 g/mol. The van der Waals surface area contributed by atoms with Crippen molar-refractivity contribution in [3.05, 3.63) is 66.7 Å². The lowest BCUT2D eigenvalue weighted by molar-refractivity contribution is -0.113. The van der Waals surface area contributed by atoms with Crippen molar-refractivity contribution in [2.75, 3.05) is 11.1 Å². The van der Waals surface area contributed by atoms with Crippen LogP contribution >= 0.6 is 11.8 Å². The highest BCUT2D eigenvalue weighted by atomic mass is 32.2. The molecule has 0 aliphatic heterocycles. The summed E-state index contributed by atoms with van der Waals surface area (Å²) in [7, 11) is 0. The number of hydrogen-bond acceptors (Lipinski definition) is 5. The van der Waals surface area contributed by atoms with Crippen LogP contribution < -0.4 is 5.32 Å². The molecule has 5 aromatic rings. The van der Waals surface area contributed by atoms with Gasteiger partial charge in [0.1, 0.15) is 5.52 Å². The fourth-order valence-electron chi connectivity index (χ4n) is 3.85. The van der Waals surface area contributed by atoms with Gasteiger partial charge in [-0.15, -0.1) is 10.2 Å². The Morgan fingerprint density at radius 3 is 2.61 bits per heavy atom. The fourth-order valence-corrected chi connectivity index (χ4v) is 4.43. The third-order valence-electron chi connectivity index (χ3n) is 5.20. The van der Waals surface area contributed by atoms with Gasteiger partial charge in [0, 0.05) is 23.0 Å². The molecule has 1 N–H and O–H groups in total. The first-order valence-electron chi connectivity index (χ1n) is 10.3. The Kier molecular flexibility index (Phi) is 5.26. The molecule has 2 heterocycles. The largest absolute Gasteiger partial charge is 0.325 e. The van der Waals surface area contributed by atoms with E-state index in [2.05, 4.69) is 33.1 Å². The number of benzene rings is 3. The maximum Gasteiger partial charge on any atom is 0.234 e. The first kappa shape index (κ1) is 19.5. The number of fused-ring (bicyclic) bond motifs is 4. The second kappa shape index (κ2) is 8.35. The van der Waals surface area contributed by atoms with Crippen LogP contribution in [0.5, 0.6) is 0 Å². The summed E-state index contributed by atoms with van der Waals surface area (Å²) < 4.78 is 2.18. The molecular formula is C24H21N5OS. The lowest BCUT2D eigenvalue weighted by Gasteiger charge is -2.08. The van der Waals surface area contributed by atoms with E-state index in [1.165, 1.54) is 11.8 Å². The van der Waals surface area contributed by atoms with Crippen LogP contribution in [0.2, 0.25) is 0 Å². The minimum absolute atomic E-state index is 0.0980. The zero-order valence-electron chi connectivity index (χ0n) is 17.1. The van der Waals surface area contributed by atoms with Crippen LogP contribution in [0.25, 0.3) is 32.8 Å². The number of aryl methyl sites for hydroxylation is 1. The van der Waals surface area contributed by atoms with Crippen molar-refractivity contribution in [1.29, 1.82) is 0 Å². The summed E-state index contributed by atoms with van der Waals surface area (Å²) in [6.45, 7) is 3.00. The van der Waals surface area contributed by atoms with Gasteiger partial charge in [0.2, 0.25) is 11.1 Å². The molecule has 31 heavy (non-hydrogen) atoms. The minimum Gasteiger partial charge on any atom is -0.325 e. The molecular weight excluding hydrogens is 406 g/mol. The highest BCUT2D eigenvalue weighted by molar-refractivity contribution is 7.99. The van der Waals surface area contributed by atoms with E-state index in [0.717, 1.165) is 51.5 Å². The molecule has 0 spiro atoms. The summed E-state index contributed by atoms with van der Waals surface area (Å²) in [6.07, 6.45) is 0.994. The van der Waals surface area contributed by atoms with Crippen molar-refractivity contribution in [2.45, 2.75) is 25.0 Å². The predicted octanol–water partition coefficient (Wildman–Crippen LogP) is 5.27. The average Bonchev–Trinajstić information content (AvgIpc) is 3.11. The number of nitrogens with zero attached hydrogens (tertiary/aromatic N) is 4. The molecule has 0 fully saturated rings. The maximum absolute atomic E-state index is 12.6. The van der Waals surface area contributed by atoms with Crippen molar-refractivity contribution >= 4 is 56.2 Å². The van der Waals surface area contributed by atoms with Crippen LogP contribution in [-0.4, -0.2) is 31.4 Å². The van der Waals surface area contributed by atoms with Crippen LogP contribution in [0.15, 0.2) is 71.9 Å². The Bertz CT molecular complexity index is 1410. The first-order chi connectivity index (χ1) is 15.2. The summed E-state index contributed by atoms with van der Waals surface area (Å²) >= 11 is 1.29. The third kappa shape index (κ3) is 3.72. The molecule has 7 heteroatoms. The molecule has 154 valence electrons. The van der Waals surface area contributed by atoms with Crippen molar-refractivity contribution in [3.63, 3.8) is 0 Å². The zero-order valence-corrected chi connectivity index (χ0v) is 17.9. The van der Waals surface area contributed by atoms with Gasteiger partial charge in [-0.2, -0.15) is 0 Å². The van der Waals surface area contributed by atoms with Crippen molar-refractivity contribution < 1.29 is 4.79 Å². The van der Waals surface area contributed by atoms with Crippen LogP contribution in [0.4, 0.5) is 5.69 Å². The van der Waals surface area contributed by atoms with Crippen LogP contribution in [0.3, 0.4) is 0 Å². The van der Waals surface area contributed by atoms with Gasteiger partial charge in [0.05, 0.1) is 11.3 Å². The first-order valence-corrected chi connectivity index (χ1v) is 11.2. The van der Waals surface area contributed by atoms with E-state index in [0.29, 0.717) is 5.16 Å². The van der Waals surface area contributed by atoms with Crippen molar-refractivity contribution in [1.82, 2.24) is 19.7 Å². The predicted molar refractivity (Wildman–Crippen MR) is 126 cm³/mol. The van der Waals surface area contributed by atoms with Gasteiger partial charge in [-0.25, -0.2) is 4.98 Å². The molecule has 0 unspecified atom stereocenters. The quantitative estimate of drug-likeness (QED) is 0.374. The standard InChI is InChI=1S/C24H21N5OS/c1-2-14-29-20-13-6-5-11-18(20)22-23(29)26-24(28-27-22)31-15-21(30)25-19-12-7-9-16-8-3-4-10-17(16)19/h3-13H,2,14-15H2,1H3,(H,25,30). The summed E-state index contributed by atoms with van der Waals surface area (Å²) in [6, 6.07) is 22.0. The SMILES string of the molecule is CCCn1c2ccccc2c2nnc(SCC(=O)Nc3cccc4ccccc34)nc21. The molecule has 0 saturated heterocycles. The number of carbonyl (C=O) groups is 1. The van der Waals surface area contributed by atoms with E-state index in [4.69, 9.17) is 4.98 Å². The Balaban J connectivity index is 1.37. The van der Waals surface area contributed by atoms with Gasteiger partial charge in [0.15, 0.2) is 5.65 Å². The highest BCUT2D eigenvalue weighted by Gasteiger charge is 2.15. The number of aromatic nitrogens is 4. The fraction of sp³-hybridized carbons (Fsp3) is 0.167. The number of nitrogens with one attached hydrogen (secondary N) is 1. The van der Waals surface area contributed by atoms with Gasteiger partial charge in [0.25, 0.3) is 0 Å². The summed E-state index contributed by atoms with van der Waals surface area (Å²) in [5, 5.41) is 15.4. The van der Waals surface area contributed by atoms with Gasteiger partial charge >= 0.3 is 0 Å². The van der Waals surface area contributed by atoms with E-state index < -0.39 is 0 Å². The third-order valence-corrected chi connectivity index (χ3v) is 6.04. The van der Waals surface area contributed by atoms with Gasteiger partial charge in [-0.3, -0.25) is 4.79 Å². The number of carbonyl (C=O) groups excluding carboxylic acids is 1. The Hall–Kier alpha value is -3.45. The minimum atomic E-state index is -0.0980. The van der Waals surface area contributed by atoms with Crippen molar-refractivity contribution in [3.8, 4) is 0 Å². The number of rotatable bonds is 6. The molecule has 1 amide bonds. The number of hydrogen-bond donors (Lipinski definition) is 1. The normalized spacial score (nSPS) is 11.4. The summed E-state index contributed by atoms with van der Waals surface area (Å²) in [4.78, 5) is 17.3. The topological polar surface area (TPSA) is 72.7 Å². The second-order valence-electron chi connectivity index (χ2n) is 7.30. The lowest BCUT2D eigenvalue weighted by Crippen LogP contribution is -2.14. The summed E-state index contributed by atoms with van der Waals surface area (Å²) in [5.41, 5.74) is 3.53. The summed E-state index contributed by atoms with van der Waals surface area (Å²) in [5.74, 6) is 0.115. The van der Waals surface area contributed by atoms with E-state index in [9.17, 15) is 4.79 Å². The number of amides is 1. The number of para-hydroxylation sites is 1. The smallest absolute Gasteiger partial charge is 0.234 e. The molecule has 0 aliphatic rings. The molecule has 3 aromatic carbocycles.